The lowest BCUT2D eigenvalue weighted by Crippen LogP contribution is -2.48. The summed E-state index contributed by atoms with van der Waals surface area (Å²) in [4.78, 5) is 35.7. The SMILES string of the molecule is O=C(/C=C/c1ccc([N+](=O)[O-])cc1)N1CCN(c2cnc3ccccc3n2)CC1. The number of fused-ring (bicyclic) bond motifs is 1. The molecule has 1 saturated heterocycles. The lowest BCUT2D eigenvalue weighted by Gasteiger charge is -2.34. The number of anilines is 1. The van der Waals surface area contributed by atoms with Crippen LogP contribution in [0.5, 0.6) is 0 Å². The van der Waals surface area contributed by atoms with Gasteiger partial charge in [0.25, 0.3) is 5.69 Å². The van der Waals surface area contributed by atoms with Crippen LogP contribution in [-0.4, -0.2) is 51.9 Å². The zero-order valence-corrected chi connectivity index (χ0v) is 15.6. The Hall–Kier alpha value is -3.81. The van der Waals surface area contributed by atoms with E-state index in [-0.39, 0.29) is 11.6 Å². The average molecular weight is 389 g/mol. The summed E-state index contributed by atoms with van der Waals surface area (Å²) < 4.78 is 0. The Morgan fingerprint density at radius 1 is 1.00 bits per heavy atom. The zero-order valence-electron chi connectivity index (χ0n) is 15.6. The molecule has 0 spiro atoms. The predicted octanol–water partition coefficient (Wildman–Crippen LogP) is 2.90. The van der Waals surface area contributed by atoms with E-state index in [0.29, 0.717) is 26.2 Å². The standard InChI is InChI=1S/C21H19N5O3/c27-21(10-7-16-5-8-17(9-6-16)26(28)29)25-13-11-24(12-14-25)20-15-22-18-3-1-2-4-19(18)23-20/h1-10,15H,11-14H2/b10-7+. The summed E-state index contributed by atoms with van der Waals surface area (Å²) in [5, 5.41) is 10.7. The number of para-hydroxylation sites is 2. The Labute approximate surface area is 167 Å². The molecule has 0 unspecified atom stereocenters. The van der Waals surface area contributed by atoms with Gasteiger partial charge in [-0.05, 0) is 35.9 Å². The minimum atomic E-state index is -0.446. The molecule has 0 N–H and O–H groups in total. The van der Waals surface area contributed by atoms with Crippen molar-refractivity contribution in [3.63, 3.8) is 0 Å². The molecule has 0 saturated carbocycles. The zero-order chi connectivity index (χ0) is 20.2. The van der Waals surface area contributed by atoms with Crippen LogP contribution in [0.3, 0.4) is 0 Å². The van der Waals surface area contributed by atoms with Crippen LogP contribution in [0.4, 0.5) is 11.5 Å². The monoisotopic (exact) mass is 389 g/mol. The van der Waals surface area contributed by atoms with Crippen LogP contribution in [0.1, 0.15) is 5.56 Å². The number of amides is 1. The van der Waals surface area contributed by atoms with Crippen LogP contribution >= 0.6 is 0 Å². The maximum atomic E-state index is 12.4. The van der Waals surface area contributed by atoms with Gasteiger partial charge >= 0.3 is 0 Å². The summed E-state index contributed by atoms with van der Waals surface area (Å²) in [7, 11) is 0. The number of piperazine rings is 1. The Morgan fingerprint density at radius 3 is 2.38 bits per heavy atom. The molecule has 2 heterocycles. The van der Waals surface area contributed by atoms with Gasteiger partial charge in [-0.15, -0.1) is 0 Å². The third-order valence-electron chi connectivity index (χ3n) is 4.87. The highest BCUT2D eigenvalue weighted by Gasteiger charge is 2.21. The molecule has 1 fully saturated rings. The van der Waals surface area contributed by atoms with Gasteiger partial charge in [-0.2, -0.15) is 0 Å². The van der Waals surface area contributed by atoms with Gasteiger partial charge in [0.05, 0.1) is 22.2 Å². The third kappa shape index (κ3) is 4.21. The van der Waals surface area contributed by atoms with Crippen molar-refractivity contribution in [3.05, 3.63) is 76.5 Å². The fourth-order valence-corrected chi connectivity index (χ4v) is 3.24. The van der Waals surface area contributed by atoms with Gasteiger partial charge in [-0.25, -0.2) is 4.98 Å². The van der Waals surface area contributed by atoms with E-state index in [4.69, 9.17) is 0 Å². The number of benzene rings is 2. The lowest BCUT2D eigenvalue weighted by molar-refractivity contribution is -0.384. The van der Waals surface area contributed by atoms with Gasteiger partial charge in [0.1, 0.15) is 5.82 Å². The van der Waals surface area contributed by atoms with Crippen LogP contribution in [0.15, 0.2) is 60.8 Å². The largest absolute Gasteiger partial charge is 0.352 e. The predicted molar refractivity (Wildman–Crippen MR) is 110 cm³/mol. The molecule has 0 bridgehead atoms. The quantitative estimate of drug-likeness (QED) is 0.387. The van der Waals surface area contributed by atoms with Crippen LogP contribution in [0.25, 0.3) is 17.1 Å². The molecule has 8 nitrogen and oxygen atoms in total. The van der Waals surface area contributed by atoms with E-state index in [0.717, 1.165) is 22.4 Å². The number of nitrogens with zero attached hydrogens (tertiary/aromatic N) is 5. The molecule has 0 aliphatic carbocycles. The van der Waals surface area contributed by atoms with Crippen LogP contribution in [0.2, 0.25) is 0 Å². The number of nitro groups is 1. The van der Waals surface area contributed by atoms with Crippen molar-refractivity contribution in [1.82, 2.24) is 14.9 Å². The fraction of sp³-hybridized carbons (Fsp3) is 0.190. The first-order valence-electron chi connectivity index (χ1n) is 9.28. The Bertz CT molecular complexity index is 1070. The summed E-state index contributed by atoms with van der Waals surface area (Å²) >= 11 is 0. The topological polar surface area (TPSA) is 92.5 Å². The molecule has 4 rings (SSSR count). The van der Waals surface area contributed by atoms with E-state index in [2.05, 4.69) is 14.9 Å². The smallest absolute Gasteiger partial charge is 0.269 e. The molecule has 0 atom stereocenters. The van der Waals surface area contributed by atoms with Crippen molar-refractivity contribution in [3.8, 4) is 0 Å². The van der Waals surface area contributed by atoms with E-state index in [1.807, 2.05) is 24.3 Å². The van der Waals surface area contributed by atoms with Crippen molar-refractivity contribution in [2.45, 2.75) is 0 Å². The van der Waals surface area contributed by atoms with Crippen LogP contribution in [-0.2, 0) is 4.79 Å². The molecule has 29 heavy (non-hydrogen) atoms. The highest BCUT2D eigenvalue weighted by molar-refractivity contribution is 5.92. The first-order chi connectivity index (χ1) is 14.1. The molecule has 1 aromatic heterocycles. The first kappa shape index (κ1) is 18.5. The Kier molecular flexibility index (Phi) is 5.15. The first-order valence-corrected chi connectivity index (χ1v) is 9.28. The molecular formula is C21H19N5O3. The van der Waals surface area contributed by atoms with Gasteiger partial charge < -0.3 is 9.80 Å². The maximum Gasteiger partial charge on any atom is 0.269 e. The fourth-order valence-electron chi connectivity index (χ4n) is 3.24. The molecular weight excluding hydrogens is 370 g/mol. The summed E-state index contributed by atoms with van der Waals surface area (Å²) in [5.41, 5.74) is 2.49. The lowest BCUT2D eigenvalue weighted by atomic mass is 10.2. The summed E-state index contributed by atoms with van der Waals surface area (Å²) in [6.45, 7) is 2.56. The molecule has 1 aliphatic rings. The number of non-ortho nitro benzene ring substituents is 1. The van der Waals surface area contributed by atoms with Gasteiger partial charge in [0.2, 0.25) is 5.91 Å². The van der Waals surface area contributed by atoms with Gasteiger partial charge in [-0.3, -0.25) is 19.9 Å². The minimum Gasteiger partial charge on any atom is -0.352 e. The number of carbonyl (C=O) groups is 1. The molecule has 8 heteroatoms. The molecule has 3 aromatic rings. The summed E-state index contributed by atoms with van der Waals surface area (Å²) in [5.74, 6) is 0.741. The normalized spacial score (nSPS) is 14.5. The van der Waals surface area contributed by atoms with Gasteiger partial charge in [-0.1, -0.05) is 12.1 Å². The third-order valence-corrected chi connectivity index (χ3v) is 4.87. The van der Waals surface area contributed by atoms with Crippen molar-refractivity contribution in [1.29, 1.82) is 0 Å². The van der Waals surface area contributed by atoms with Gasteiger partial charge in [0.15, 0.2) is 0 Å². The molecule has 2 aromatic carbocycles. The number of aromatic nitrogens is 2. The summed E-state index contributed by atoms with van der Waals surface area (Å²) in [6, 6.07) is 13.8. The van der Waals surface area contributed by atoms with Crippen molar-refractivity contribution >= 4 is 34.5 Å². The Morgan fingerprint density at radius 2 is 1.69 bits per heavy atom. The molecule has 1 aliphatic heterocycles. The second-order valence-corrected chi connectivity index (χ2v) is 6.71. The summed E-state index contributed by atoms with van der Waals surface area (Å²) in [6.07, 6.45) is 4.95. The van der Waals surface area contributed by atoms with Gasteiger partial charge in [0, 0.05) is 44.4 Å². The van der Waals surface area contributed by atoms with E-state index in [1.54, 1.807) is 29.3 Å². The molecule has 146 valence electrons. The number of nitro benzene ring substituents is 1. The number of rotatable bonds is 4. The number of hydrogen-bond acceptors (Lipinski definition) is 6. The van der Waals surface area contributed by atoms with E-state index in [9.17, 15) is 14.9 Å². The molecule has 1 amide bonds. The van der Waals surface area contributed by atoms with E-state index in [1.165, 1.54) is 18.2 Å². The number of carbonyl (C=O) groups excluding carboxylic acids is 1. The van der Waals surface area contributed by atoms with Crippen LogP contribution < -0.4 is 4.90 Å². The maximum absolute atomic E-state index is 12.4. The van der Waals surface area contributed by atoms with Crippen molar-refractivity contribution < 1.29 is 9.72 Å². The average Bonchev–Trinajstić information content (AvgIpc) is 2.77. The second kappa shape index (κ2) is 8.05. The minimum absolute atomic E-state index is 0.0291. The van der Waals surface area contributed by atoms with E-state index < -0.39 is 4.92 Å². The second-order valence-electron chi connectivity index (χ2n) is 6.71. The van der Waals surface area contributed by atoms with Crippen molar-refractivity contribution in [2.75, 3.05) is 31.1 Å². The van der Waals surface area contributed by atoms with E-state index >= 15 is 0 Å². The highest BCUT2D eigenvalue weighted by atomic mass is 16.6. The van der Waals surface area contributed by atoms with Crippen molar-refractivity contribution in [2.24, 2.45) is 0 Å². The molecule has 0 radical (unpaired) electrons. The number of hydrogen-bond donors (Lipinski definition) is 0. The van der Waals surface area contributed by atoms with Crippen LogP contribution in [0, 0.1) is 10.1 Å². The Balaban J connectivity index is 1.35. The highest BCUT2D eigenvalue weighted by Crippen LogP contribution is 2.17.